The van der Waals surface area contributed by atoms with E-state index in [-0.39, 0.29) is 23.8 Å². The van der Waals surface area contributed by atoms with Crippen LogP contribution in [0.5, 0.6) is 0 Å². The van der Waals surface area contributed by atoms with Crippen LogP contribution in [0.2, 0.25) is 0 Å². The molecule has 3 amide bonds. The Balaban J connectivity index is 1.75. The Bertz CT molecular complexity index is 1110. The first-order valence-corrected chi connectivity index (χ1v) is 12.2. The maximum absolute atomic E-state index is 13.4. The second-order valence-corrected chi connectivity index (χ2v) is 9.86. The van der Waals surface area contributed by atoms with Gasteiger partial charge in [-0.2, -0.15) is 0 Å². The molecular weight excluding hydrogens is 480 g/mol. The lowest BCUT2D eigenvalue weighted by atomic mass is 9.93. The smallest absolute Gasteiger partial charge is 0.274 e. The van der Waals surface area contributed by atoms with E-state index in [0.717, 1.165) is 5.56 Å². The molecule has 1 aromatic carbocycles. The number of carbonyl (C=O) groups excluding carboxylic acids is 4. The number of hydrogen-bond donors (Lipinski definition) is 4. The van der Waals surface area contributed by atoms with Crippen LogP contribution in [0.1, 0.15) is 49.0 Å². The molecule has 2 aromatic rings. The van der Waals surface area contributed by atoms with Crippen LogP contribution in [-0.2, 0) is 25.5 Å². The highest BCUT2D eigenvalue weighted by molar-refractivity contribution is 5.99. The zero-order valence-corrected chi connectivity index (χ0v) is 21.4. The van der Waals surface area contributed by atoms with Crippen LogP contribution < -0.4 is 16.0 Å². The highest BCUT2D eigenvalue weighted by atomic mass is 16.6. The number of aliphatic hydroxyl groups excluding tert-OH is 1. The molecule has 3 rings (SSSR count). The number of nitrogens with one attached hydrogen (secondary N) is 3. The lowest BCUT2D eigenvalue weighted by Gasteiger charge is -2.26. The predicted octanol–water partition coefficient (Wildman–Crippen LogP) is 0.690. The van der Waals surface area contributed by atoms with Crippen molar-refractivity contribution >= 4 is 23.5 Å². The van der Waals surface area contributed by atoms with Crippen molar-refractivity contribution in [1.29, 1.82) is 0 Å². The van der Waals surface area contributed by atoms with E-state index in [9.17, 15) is 24.3 Å². The van der Waals surface area contributed by atoms with Gasteiger partial charge in [0.15, 0.2) is 11.5 Å². The van der Waals surface area contributed by atoms with Crippen LogP contribution in [0.15, 0.2) is 40.9 Å². The van der Waals surface area contributed by atoms with E-state index in [1.807, 2.05) is 19.9 Å². The van der Waals surface area contributed by atoms with E-state index in [1.165, 1.54) is 6.07 Å². The monoisotopic (exact) mass is 514 g/mol. The zero-order valence-electron chi connectivity index (χ0n) is 21.4. The summed E-state index contributed by atoms with van der Waals surface area (Å²) in [5.41, 5.74) is -0.195. The Kier molecular flexibility index (Phi) is 9.17. The largest absolute Gasteiger partial charge is 0.394 e. The molecule has 2 heterocycles. The molecule has 4 atom stereocenters. The van der Waals surface area contributed by atoms with E-state index in [2.05, 4.69) is 21.1 Å². The number of Topliss-reactive ketones (excluding diaryl/α,β-unsaturated/α-hetero) is 1. The number of ketones is 1. The van der Waals surface area contributed by atoms with Gasteiger partial charge in [0.05, 0.1) is 19.3 Å². The standard InChI is InChI=1S/C26H34N4O7/c1-15(2)10-18(22(32)26(4)14-36-26)27-23(33)19(12-17-8-6-5-7-9-17)28-25(35)21(13-31)29-24(34)20-11-16(3)37-30-20/h5-9,11,15,18-19,21,31H,10,12-14H2,1-4H3,(H,27,33)(H,28,35)(H,29,34)/t18?,19-,21?,26+/m0/s1. The van der Waals surface area contributed by atoms with E-state index < -0.39 is 48.1 Å². The molecule has 0 bridgehead atoms. The van der Waals surface area contributed by atoms with Gasteiger partial charge in [0, 0.05) is 12.5 Å². The summed E-state index contributed by atoms with van der Waals surface area (Å²) in [6.45, 7) is 6.76. The summed E-state index contributed by atoms with van der Waals surface area (Å²) in [6, 6.07) is 7.22. The van der Waals surface area contributed by atoms with Gasteiger partial charge in [-0.15, -0.1) is 0 Å². The Hall–Kier alpha value is -3.57. The van der Waals surface area contributed by atoms with Gasteiger partial charge in [0.1, 0.15) is 23.4 Å². The minimum Gasteiger partial charge on any atom is -0.394 e. The lowest BCUT2D eigenvalue weighted by molar-refractivity contribution is -0.133. The Morgan fingerprint density at radius 3 is 2.19 bits per heavy atom. The first kappa shape index (κ1) is 28.0. The Labute approximate surface area is 215 Å². The van der Waals surface area contributed by atoms with Crippen molar-refractivity contribution in [3.8, 4) is 0 Å². The Morgan fingerprint density at radius 1 is 1.03 bits per heavy atom. The number of hydrogen-bond acceptors (Lipinski definition) is 8. The second-order valence-electron chi connectivity index (χ2n) is 9.86. The number of aryl methyl sites for hydroxylation is 1. The molecule has 37 heavy (non-hydrogen) atoms. The molecule has 200 valence electrons. The molecule has 11 nitrogen and oxygen atoms in total. The molecule has 11 heteroatoms. The zero-order chi connectivity index (χ0) is 27.2. The molecule has 0 aliphatic carbocycles. The number of amides is 3. The van der Waals surface area contributed by atoms with Crippen molar-refractivity contribution in [3.63, 3.8) is 0 Å². The Morgan fingerprint density at radius 2 is 1.65 bits per heavy atom. The summed E-state index contributed by atoms with van der Waals surface area (Å²) >= 11 is 0. The van der Waals surface area contributed by atoms with Crippen LogP contribution in [0.25, 0.3) is 0 Å². The summed E-state index contributed by atoms with van der Waals surface area (Å²) in [7, 11) is 0. The van der Waals surface area contributed by atoms with Gasteiger partial charge < -0.3 is 30.3 Å². The lowest BCUT2D eigenvalue weighted by Crippen LogP contribution is -2.58. The average Bonchev–Trinajstić information content (AvgIpc) is 3.46. The van der Waals surface area contributed by atoms with E-state index in [4.69, 9.17) is 9.26 Å². The molecule has 1 aliphatic rings. The number of benzene rings is 1. The number of nitrogens with zero attached hydrogens (tertiary/aromatic N) is 1. The highest BCUT2D eigenvalue weighted by Crippen LogP contribution is 2.29. The van der Waals surface area contributed by atoms with Crippen molar-refractivity contribution in [2.24, 2.45) is 5.92 Å². The highest BCUT2D eigenvalue weighted by Gasteiger charge is 2.50. The van der Waals surface area contributed by atoms with Gasteiger partial charge in [-0.05, 0) is 31.7 Å². The van der Waals surface area contributed by atoms with Crippen LogP contribution in [0, 0.1) is 12.8 Å². The molecule has 2 unspecified atom stereocenters. The fraction of sp³-hybridized carbons (Fsp3) is 0.500. The van der Waals surface area contributed by atoms with Gasteiger partial charge in [0.25, 0.3) is 5.91 Å². The molecule has 0 radical (unpaired) electrons. The van der Waals surface area contributed by atoms with Crippen molar-refractivity contribution in [2.75, 3.05) is 13.2 Å². The number of epoxide rings is 1. The van der Waals surface area contributed by atoms with Gasteiger partial charge in [-0.1, -0.05) is 49.3 Å². The number of aliphatic hydroxyl groups is 1. The number of ether oxygens (including phenoxy) is 1. The number of rotatable bonds is 13. The van der Waals surface area contributed by atoms with Gasteiger partial charge >= 0.3 is 0 Å². The van der Waals surface area contributed by atoms with Gasteiger partial charge in [-0.25, -0.2) is 0 Å². The first-order valence-electron chi connectivity index (χ1n) is 12.2. The van der Waals surface area contributed by atoms with Crippen molar-refractivity contribution < 1.29 is 33.5 Å². The molecule has 0 saturated carbocycles. The summed E-state index contributed by atoms with van der Waals surface area (Å²) in [5, 5.41) is 21.2. The van der Waals surface area contributed by atoms with Crippen molar-refractivity contribution in [2.45, 2.75) is 64.3 Å². The first-order chi connectivity index (χ1) is 17.5. The third-order valence-corrected chi connectivity index (χ3v) is 6.02. The fourth-order valence-electron chi connectivity index (χ4n) is 3.83. The second kappa shape index (κ2) is 12.1. The molecule has 1 saturated heterocycles. The summed E-state index contributed by atoms with van der Waals surface area (Å²) < 4.78 is 10.2. The van der Waals surface area contributed by atoms with Crippen LogP contribution >= 0.6 is 0 Å². The molecular formula is C26H34N4O7. The maximum Gasteiger partial charge on any atom is 0.274 e. The van der Waals surface area contributed by atoms with Crippen LogP contribution in [0.4, 0.5) is 0 Å². The van der Waals surface area contributed by atoms with Gasteiger partial charge in [-0.3, -0.25) is 19.2 Å². The molecule has 1 fully saturated rings. The van der Waals surface area contributed by atoms with E-state index in [0.29, 0.717) is 18.8 Å². The summed E-state index contributed by atoms with van der Waals surface area (Å²) in [4.78, 5) is 51.8. The van der Waals surface area contributed by atoms with E-state index in [1.54, 1.807) is 38.1 Å². The molecule has 1 aliphatic heterocycles. The summed E-state index contributed by atoms with van der Waals surface area (Å²) in [6.07, 6.45) is 0.533. The average molecular weight is 515 g/mol. The van der Waals surface area contributed by atoms with Gasteiger partial charge in [0.2, 0.25) is 11.8 Å². The minimum atomic E-state index is -1.34. The van der Waals surface area contributed by atoms with E-state index >= 15 is 0 Å². The normalized spacial score (nSPS) is 19.0. The van der Waals surface area contributed by atoms with Crippen LogP contribution in [0.3, 0.4) is 0 Å². The van der Waals surface area contributed by atoms with Crippen molar-refractivity contribution in [1.82, 2.24) is 21.1 Å². The minimum absolute atomic E-state index is 0.0480. The molecule has 4 N–H and O–H groups in total. The van der Waals surface area contributed by atoms with Crippen molar-refractivity contribution in [3.05, 3.63) is 53.4 Å². The summed E-state index contributed by atoms with van der Waals surface area (Å²) in [5.74, 6) is -1.73. The predicted molar refractivity (Wildman–Crippen MR) is 132 cm³/mol. The molecule has 1 aromatic heterocycles. The third kappa shape index (κ3) is 7.70. The fourth-order valence-corrected chi connectivity index (χ4v) is 3.83. The number of aromatic nitrogens is 1. The maximum atomic E-state index is 13.4. The third-order valence-electron chi connectivity index (χ3n) is 6.02. The SMILES string of the molecule is Cc1cc(C(=O)NC(CO)C(=O)N[C@@H](Cc2ccccc2)C(=O)NC(CC(C)C)C(=O)[C@@]2(C)CO2)no1. The number of carbonyl (C=O) groups is 4. The van der Waals surface area contributed by atoms with Crippen LogP contribution in [-0.4, -0.2) is 70.7 Å². The topological polar surface area (TPSA) is 163 Å². The quantitative estimate of drug-likeness (QED) is 0.284. The molecule has 0 spiro atoms.